The Hall–Kier alpha value is -3.07. The van der Waals surface area contributed by atoms with Gasteiger partial charge in [-0.2, -0.15) is 0 Å². The van der Waals surface area contributed by atoms with E-state index in [1.54, 1.807) is 0 Å². The molecule has 0 unspecified atom stereocenters. The molecule has 3 nitrogen and oxygen atoms in total. The summed E-state index contributed by atoms with van der Waals surface area (Å²) in [7, 11) is 0. The summed E-state index contributed by atoms with van der Waals surface area (Å²) < 4.78 is 7.73. The Bertz CT molecular complexity index is 1090. The summed E-state index contributed by atoms with van der Waals surface area (Å²) in [5, 5.41) is 2.15. The van der Waals surface area contributed by atoms with Gasteiger partial charge in [-0.15, -0.1) is 0 Å². The second-order valence-electron chi connectivity index (χ2n) is 6.10. The Morgan fingerprint density at radius 2 is 1.80 bits per heavy atom. The van der Waals surface area contributed by atoms with Gasteiger partial charge in [-0.05, 0) is 54.6 Å². The number of rotatable bonds is 4. The fourth-order valence-corrected chi connectivity index (χ4v) is 3.49. The zero-order valence-electron chi connectivity index (χ0n) is 14.3. The molecule has 0 spiro atoms. The van der Waals surface area contributed by atoms with Crippen molar-refractivity contribution >= 4 is 22.6 Å². The Balaban J connectivity index is 2.06. The van der Waals surface area contributed by atoms with Crippen LogP contribution < -0.4 is 4.74 Å². The summed E-state index contributed by atoms with van der Waals surface area (Å²) in [6, 6.07) is 18.3. The fourth-order valence-electron chi connectivity index (χ4n) is 3.49. The summed E-state index contributed by atoms with van der Waals surface area (Å²) in [6.45, 7) is 4.67. The predicted octanol–water partition coefficient (Wildman–Crippen LogP) is 5.28. The molecule has 2 heterocycles. The molecule has 2 aromatic carbocycles. The van der Waals surface area contributed by atoms with E-state index in [-0.39, 0.29) is 0 Å². The normalized spacial score (nSPS) is 11.1. The lowest BCUT2D eigenvalue weighted by atomic mass is 9.97. The van der Waals surface area contributed by atoms with Crippen LogP contribution in [0.4, 0.5) is 0 Å². The Labute approximate surface area is 146 Å². The highest BCUT2D eigenvalue weighted by Crippen LogP contribution is 2.37. The van der Waals surface area contributed by atoms with Gasteiger partial charge in [0, 0.05) is 22.7 Å². The molecule has 4 rings (SSSR count). The molecule has 0 aliphatic rings. The first-order chi connectivity index (χ1) is 12.2. The highest BCUT2D eigenvalue weighted by molar-refractivity contribution is 6.04. The smallest absolute Gasteiger partial charge is 0.167 e. The van der Waals surface area contributed by atoms with Crippen LogP contribution in [-0.4, -0.2) is 17.3 Å². The topological polar surface area (TPSA) is 30.7 Å². The van der Waals surface area contributed by atoms with E-state index in [2.05, 4.69) is 31.2 Å². The molecule has 124 valence electrons. The fraction of sp³-hybridized carbons (Fsp3) is 0.136. The SMILES string of the molecule is CCOc1ccc(-c2cc3c(C)cccn3c2C=O)c2ccccc12. The lowest BCUT2D eigenvalue weighted by Gasteiger charge is -2.11. The van der Waals surface area contributed by atoms with Crippen LogP contribution in [-0.2, 0) is 0 Å². The molecular weight excluding hydrogens is 310 g/mol. The van der Waals surface area contributed by atoms with Gasteiger partial charge >= 0.3 is 0 Å². The molecule has 0 fully saturated rings. The van der Waals surface area contributed by atoms with Crippen molar-refractivity contribution in [3.8, 4) is 16.9 Å². The van der Waals surface area contributed by atoms with Crippen LogP contribution in [0, 0.1) is 6.92 Å². The van der Waals surface area contributed by atoms with Gasteiger partial charge in [0.1, 0.15) is 5.75 Å². The van der Waals surface area contributed by atoms with Gasteiger partial charge in [-0.1, -0.05) is 30.3 Å². The number of aldehydes is 1. The molecule has 0 aliphatic carbocycles. The summed E-state index contributed by atoms with van der Waals surface area (Å²) in [6.07, 6.45) is 2.87. The first-order valence-corrected chi connectivity index (χ1v) is 8.45. The van der Waals surface area contributed by atoms with Crippen LogP contribution in [0.3, 0.4) is 0 Å². The second kappa shape index (κ2) is 6.10. The summed E-state index contributed by atoms with van der Waals surface area (Å²) in [5.74, 6) is 0.870. The third-order valence-corrected chi connectivity index (χ3v) is 4.65. The Morgan fingerprint density at radius 1 is 1.00 bits per heavy atom. The molecule has 0 saturated heterocycles. The first kappa shape index (κ1) is 15.5. The van der Waals surface area contributed by atoms with E-state index in [1.807, 2.05) is 47.9 Å². The van der Waals surface area contributed by atoms with Gasteiger partial charge in [0.2, 0.25) is 0 Å². The minimum atomic E-state index is 0.623. The van der Waals surface area contributed by atoms with Crippen LogP contribution in [0.5, 0.6) is 5.75 Å². The van der Waals surface area contributed by atoms with Crippen molar-refractivity contribution in [2.45, 2.75) is 13.8 Å². The number of hydrogen-bond donors (Lipinski definition) is 0. The Kier molecular flexibility index (Phi) is 3.77. The maximum absolute atomic E-state index is 11.8. The number of nitrogens with zero attached hydrogens (tertiary/aromatic N) is 1. The highest BCUT2D eigenvalue weighted by atomic mass is 16.5. The first-order valence-electron chi connectivity index (χ1n) is 8.45. The molecule has 0 amide bonds. The maximum atomic E-state index is 11.8. The van der Waals surface area contributed by atoms with Gasteiger partial charge < -0.3 is 9.14 Å². The van der Waals surface area contributed by atoms with E-state index in [1.165, 1.54) is 0 Å². The van der Waals surface area contributed by atoms with E-state index in [9.17, 15) is 4.79 Å². The van der Waals surface area contributed by atoms with Crippen molar-refractivity contribution in [3.63, 3.8) is 0 Å². The summed E-state index contributed by atoms with van der Waals surface area (Å²) in [5.41, 5.74) is 4.87. The minimum absolute atomic E-state index is 0.623. The number of hydrogen-bond acceptors (Lipinski definition) is 2. The second-order valence-corrected chi connectivity index (χ2v) is 6.10. The summed E-state index contributed by atoms with van der Waals surface area (Å²) >= 11 is 0. The highest BCUT2D eigenvalue weighted by Gasteiger charge is 2.16. The molecule has 3 heteroatoms. The number of aromatic nitrogens is 1. The predicted molar refractivity (Wildman–Crippen MR) is 102 cm³/mol. The molecule has 2 aromatic heterocycles. The van der Waals surface area contributed by atoms with Crippen molar-refractivity contribution in [2.75, 3.05) is 6.61 Å². The van der Waals surface area contributed by atoms with Crippen molar-refractivity contribution in [3.05, 3.63) is 72.1 Å². The van der Waals surface area contributed by atoms with Crippen molar-refractivity contribution in [1.29, 1.82) is 0 Å². The molecule has 0 aliphatic heterocycles. The standard InChI is InChI=1S/C22H19NO2/c1-3-25-22-11-10-17(16-8-4-5-9-18(16)22)19-13-20-15(2)7-6-12-23(20)21(19)14-24/h4-14H,3H2,1-2H3. The quantitative estimate of drug-likeness (QED) is 0.477. The van der Waals surface area contributed by atoms with Crippen molar-refractivity contribution in [2.24, 2.45) is 0 Å². The third-order valence-electron chi connectivity index (χ3n) is 4.65. The van der Waals surface area contributed by atoms with Crippen LogP contribution in [0.15, 0.2) is 60.8 Å². The number of ether oxygens (including phenoxy) is 1. The number of fused-ring (bicyclic) bond motifs is 2. The van der Waals surface area contributed by atoms with Gasteiger partial charge in [-0.3, -0.25) is 4.79 Å². The number of pyridine rings is 1. The number of carbonyl (C=O) groups is 1. The van der Waals surface area contributed by atoms with E-state index < -0.39 is 0 Å². The van der Waals surface area contributed by atoms with Crippen molar-refractivity contribution < 1.29 is 9.53 Å². The van der Waals surface area contributed by atoms with E-state index in [4.69, 9.17) is 4.74 Å². The molecule has 0 radical (unpaired) electrons. The molecule has 0 atom stereocenters. The largest absolute Gasteiger partial charge is 0.493 e. The third kappa shape index (κ3) is 2.40. The molecule has 0 saturated carbocycles. The monoisotopic (exact) mass is 329 g/mol. The summed E-state index contributed by atoms with van der Waals surface area (Å²) in [4.78, 5) is 11.8. The minimum Gasteiger partial charge on any atom is -0.493 e. The van der Waals surface area contributed by atoms with E-state index in [0.29, 0.717) is 12.3 Å². The number of carbonyl (C=O) groups excluding carboxylic acids is 1. The van der Waals surface area contributed by atoms with Crippen LogP contribution in [0.25, 0.3) is 27.4 Å². The lowest BCUT2D eigenvalue weighted by molar-refractivity contribution is 0.111. The van der Waals surface area contributed by atoms with E-state index in [0.717, 1.165) is 45.0 Å². The number of benzene rings is 2. The van der Waals surface area contributed by atoms with Gasteiger partial charge in [0.05, 0.1) is 12.3 Å². The molecule has 25 heavy (non-hydrogen) atoms. The average Bonchev–Trinajstić information content (AvgIpc) is 3.02. The van der Waals surface area contributed by atoms with Crippen molar-refractivity contribution in [1.82, 2.24) is 4.40 Å². The van der Waals surface area contributed by atoms with Crippen LogP contribution >= 0.6 is 0 Å². The van der Waals surface area contributed by atoms with Gasteiger partial charge in [0.25, 0.3) is 0 Å². The maximum Gasteiger partial charge on any atom is 0.167 e. The Morgan fingerprint density at radius 3 is 2.56 bits per heavy atom. The lowest BCUT2D eigenvalue weighted by Crippen LogP contribution is -1.95. The molecule has 4 aromatic rings. The zero-order valence-corrected chi connectivity index (χ0v) is 14.3. The van der Waals surface area contributed by atoms with Gasteiger partial charge in [-0.25, -0.2) is 0 Å². The zero-order chi connectivity index (χ0) is 17.4. The average molecular weight is 329 g/mol. The molecule has 0 N–H and O–H groups in total. The van der Waals surface area contributed by atoms with E-state index >= 15 is 0 Å². The molecular formula is C22H19NO2. The van der Waals surface area contributed by atoms with Crippen LogP contribution in [0.2, 0.25) is 0 Å². The van der Waals surface area contributed by atoms with Gasteiger partial charge in [0.15, 0.2) is 6.29 Å². The molecule has 0 bridgehead atoms. The number of aryl methyl sites for hydroxylation is 1. The van der Waals surface area contributed by atoms with Crippen LogP contribution in [0.1, 0.15) is 23.0 Å².